The second-order valence-corrected chi connectivity index (χ2v) is 9.47. The van der Waals surface area contributed by atoms with Crippen molar-refractivity contribution >= 4 is 21.6 Å². The second-order valence-electron chi connectivity index (χ2n) is 7.56. The van der Waals surface area contributed by atoms with Crippen molar-refractivity contribution in [1.29, 1.82) is 0 Å². The fraction of sp³-hybridized carbons (Fsp3) is 0.240. The van der Waals surface area contributed by atoms with Crippen molar-refractivity contribution < 1.29 is 13.2 Å². The summed E-state index contributed by atoms with van der Waals surface area (Å²) in [6.07, 6.45) is 2.11. The quantitative estimate of drug-likeness (QED) is 0.556. The van der Waals surface area contributed by atoms with Crippen LogP contribution in [-0.2, 0) is 23.0 Å². The van der Waals surface area contributed by atoms with Crippen molar-refractivity contribution in [1.82, 2.24) is 5.32 Å². The number of hydrogen-bond donors (Lipinski definition) is 1. The minimum atomic E-state index is -3.61. The molecule has 162 valence electrons. The second kappa shape index (κ2) is 9.79. The summed E-state index contributed by atoms with van der Waals surface area (Å²) in [6, 6.07) is 24.0. The molecule has 0 radical (unpaired) electrons. The first-order valence-corrected chi connectivity index (χ1v) is 12.1. The molecule has 0 aliphatic rings. The number of nitrogens with zero attached hydrogens (tertiary/aromatic N) is 1. The van der Waals surface area contributed by atoms with Gasteiger partial charge < -0.3 is 5.32 Å². The van der Waals surface area contributed by atoms with E-state index in [9.17, 15) is 13.2 Å². The smallest absolute Gasteiger partial charge is 0.253 e. The van der Waals surface area contributed by atoms with Gasteiger partial charge in [0.05, 0.1) is 30.1 Å². The number of nitrogens with one attached hydrogen (secondary N) is 1. The summed E-state index contributed by atoms with van der Waals surface area (Å²) in [5, 5.41) is 3.00. The maximum Gasteiger partial charge on any atom is 0.253 e. The highest BCUT2D eigenvalue weighted by Crippen LogP contribution is 2.26. The highest BCUT2D eigenvalue weighted by molar-refractivity contribution is 7.92. The Morgan fingerprint density at radius 3 is 2.13 bits per heavy atom. The number of benzene rings is 3. The van der Waals surface area contributed by atoms with Crippen LogP contribution in [0.2, 0.25) is 0 Å². The van der Waals surface area contributed by atoms with Crippen LogP contribution in [0.1, 0.15) is 46.9 Å². The van der Waals surface area contributed by atoms with E-state index in [4.69, 9.17) is 0 Å². The van der Waals surface area contributed by atoms with E-state index in [0.29, 0.717) is 11.3 Å². The topological polar surface area (TPSA) is 66.5 Å². The van der Waals surface area contributed by atoms with Crippen LogP contribution in [-0.4, -0.2) is 20.6 Å². The minimum Gasteiger partial charge on any atom is -0.345 e. The molecule has 0 aliphatic carbocycles. The molecule has 0 saturated heterocycles. The molecule has 1 amide bonds. The lowest BCUT2D eigenvalue weighted by molar-refractivity contribution is 0.0940. The molecular formula is C25H28N2O3S. The molecule has 5 nitrogen and oxygen atoms in total. The van der Waals surface area contributed by atoms with Gasteiger partial charge in [-0.2, -0.15) is 0 Å². The van der Waals surface area contributed by atoms with Crippen molar-refractivity contribution in [3.8, 4) is 0 Å². The molecule has 6 heteroatoms. The first kappa shape index (κ1) is 22.6. The lowest BCUT2D eigenvalue weighted by Gasteiger charge is -2.25. The van der Waals surface area contributed by atoms with E-state index in [-0.39, 0.29) is 18.5 Å². The summed E-state index contributed by atoms with van der Waals surface area (Å²) >= 11 is 0. The van der Waals surface area contributed by atoms with Crippen molar-refractivity contribution in [2.75, 3.05) is 10.6 Å². The molecule has 31 heavy (non-hydrogen) atoms. The van der Waals surface area contributed by atoms with Crippen LogP contribution in [0.4, 0.5) is 5.69 Å². The SMILES string of the molecule is CCc1ccc(C(C)NC(=O)c2ccccc2N(Cc2ccccc2)S(C)(=O)=O)cc1. The van der Waals surface area contributed by atoms with Gasteiger partial charge in [-0.25, -0.2) is 8.42 Å². The van der Waals surface area contributed by atoms with Crippen molar-refractivity contribution in [3.63, 3.8) is 0 Å². The fourth-order valence-electron chi connectivity index (χ4n) is 3.41. The Bertz CT molecular complexity index is 1130. The monoisotopic (exact) mass is 436 g/mol. The zero-order valence-electron chi connectivity index (χ0n) is 18.1. The molecule has 1 unspecified atom stereocenters. The Labute approximate surface area is 184 Å². The van der Waals surface area contributed by atoms with Gasteiger partial charge in [0.2, 0.25) is 10.0 Å². The number of para-hydroxylation sites is 1. The maximum absolute atomic E-state index is 13.1. The van der Waals surface area contributed by atoms with E-state index in [1.807, 2.05) is 49.4 Å². The lowest BCUT2D eigenvalue weighted by atomic mass is 10.0. The van der Waals surface area contributed by atoms with E-state index in [0.717, 1.165) is 23.8 Å². The summed E-state index contributed by atoms with van der Waals surface area (Å²) in [5.74, 6) is -0.315. The van der Waals surface area contributed by atoms with Gasteiger partial charge in [-0.3, -0.25) is 9.10 Å². The molecule has 0 saturated carbocycles. The van der Waals surface area contributed by atoms with Crippen LogP contribution in [0.25, 0.3) is 0 Å². The van der Waals surface area contributed by atoms with Gasteiger partial charge >= 0.3 is 0 Å². The maximum atomic E-state index is 13.1. The van der Waals surface area contributed by atoms with Gasteiger partial charge in [-0.15, -0.1) is 0 Å². The predicted octanol–water partition coefficient (Wildman–Crippen LogP) is 4.71. The van der Waals surface area contributed by atoms with Crippen molar-refractivity contribution in [2.24, 2.45) is 0 Å². The van der Waals surface area contributed by atoms with E-state index in [1.54, 1.807) is 24.3 Å². The van der Waals surface area contributed by atoms with Crippen molar-refractivity contribution in [2.45, 2.75) is 32.9 Å². The van der Waals surface area contributed by atoms with Crippen LogP contribution < -0.4 is 9.62 Å². The molecule has 3 aromatic carbocycles. The van der Waals surface area contributed by atoms with Crippen LogP contribution in [0, 0.1) is 0 Å². The van der Waals surface area contributed by atoms with Crippen molar-refractivity contribution in [3.05, 3.63) is 101 Å². The summed E-state index contributed by atoms with van der Waals surface area (Å²) in [7, 11) is -3.61. The average Bonchev–Trinajstić information content (AvgIpc) is 2.77. The number of carbonyl (C=O) groups is 1. The van der Waals surface area contributed by atoms with E-state index in [2.05, 4.69) is 24.4 Å². The summed E-state index contributed by atoms with van der Waals surface area (Å²) in [6.45, 7) is 4.16. The first-order valence-electron chi connectivity index (χ1n) is 10.3. The number of amides is 1. The van der Waals surface area contributed by atoms with E-state index >= 15 is 0 Å². The van der Waals surface area contributed by atoms with Crippen LogP contribution in [0.5, 0.6) is 0 Å². The lowest BCUT2D eigenvalue weighted by Crippen LogP contribution is -2.33. The Morgan fingerprint density at radius 1 is 0.903 bits per heavy atom. The fourth-order valence-corrected chi connectivity index (χ4v) is 4.31. The third kappa shape index (κ3) is 5.73. The number of aryl methyl sites for hydroxylation is 1. The Kier molecular flexibility index (Phi) is 7.13. The van der Waals surface area contributed by atoms with Gasteiger partial charge in [-0.1, -0.05) is 73.7 Å². The third-order valence-electron chi connectivity index (χ3n) is 5.22. The molecule has 3 rings (SSSR count). The molecule has 0 spiro atoms. The van der Waals surface area contributed by atoms with Crippen LogP contribution in [0.15, 0.2) is 78.9 Å². The molecule has 0 fully saturated rings. The zero-order chi connectivity index (χ0) is 22.4. The van der Waals surface area contributed by atoms with Gasteiger partial charge in [0.25, 0.3) is 5.91 Å². The van der Waals surface area contributed by atoms with E-state index in [1.165, 1.54) is 9.87 Å². The first-order chi connectivity index (χ1) is 14.8. The zero-order valence-corrected chi connectivity index (χ0v) is 18.9. The third-order valence-corrected chi connectivity index (χ3v) is 6.35. The number of anilines is 1. The summed E-state index contributed by atoms with van der Waals surface area (Å²) < 4.78 is 26.5. The van der Waals surface area contributed by atoms with Gasteiger partial charge in [0.1, 0.15) is 0 Å². The molecule has 3 aromatic rings. The highest BCUT2D eigenvalue weighted by atomic mass is 32.2. The molecule has 1 atom stereocenters. The molecule has 0 bridgehead atoms. The number of rotatable bonds is 8. The molecule has 1 N–H and O–H groups in total. The van der Waals surface area contributed by atoms with E-state index < -0.39 is 10.0 Å². The number of hydrogen-bond acceptors (Lipinski definition) is 3. The Balaban J connectivity index is 1.88. The summed E-state index contributed by atoms with van der Waals surface area (Å²) in [4.78, 5) is 13.1. The minimum absolute atomic E-state index is 0.151. The number of carbonyl (C=O) groups excluding carboxylic acids is 1. The van der Waals surface area contributed by atoms with Crippen LogP contribution >= 0.6 is 0 Å². The molecular weight excluding hydrogens is 408 g/mol. The Hall–Kier alpha value is -3.12. The van der Waals surface area contributed by atoms with Gasteiger partial charge in [0, 0.05) is 0 Å². The molecule has 0 aliphatic heterocycles. The van der Waals surface area contributed by atoms with Gasteiger partial charge in [-0.05, 0) is 42.2 Å². The molecule has 0 heterocycles. The molecule has 0 aromatic heterocycles. The normalized spacial score (nSPS) is 12.2. The standard InChI is InChI=1S/C25H28N2O3S/c1-4-20-14-16-22(17-15-20)19(2)26-25(28)23-12-8-9-13-24(23)27(31(3,29)30)18-21-10-6-5-7-11-21/h5-17,19H,4,18H2,1-3H3,(H,26,28). The number of sulfonamides is 1. The largest absolute Gasteiger partial charge is 0.345 e. The highest BCUT2D eigenvalue weighted by Gasteiger charge is 2.24. The summed E-state index contributed by atoms with van der Waals surface area (Å²) in [5.41, 5.74) is 3.75. The van der Waals surface area contributed by atoms with Gasteiger partial charge in [0.15, 0.2) is 0 Å². The van der Waals surface area contributed by atoms with Crippen LogP contribution in [0.3, 0.4) is 0 Å². The Morgan fingerprint density at radius 2 is 1.52 bits per heavy atom. The predicted molar refractivity (Wildman–Crippen MR) is 126 cm³/mol. The average molecular weight is 437 g/mol.